The van der Waals surface area contributed by atoms with Crippen LogP contribution in [-0.2, 0) is 13.0 Å². The van der Waals surface area contributed by atoms with E-state index in [1.54, 1.807) is 49.5 Å². The van der Waals surface area contributed by atoms with E-state index < -0.39 is 11.9 Å². The molecule has 1 aromatic carbocycles. The number of hydrogen-bond acceptors (Lipinski definition) is 5. The molecule has 1 fully saturated rings. The van der Waals surface area contributed by atoms with Crippen molar-refractivity contribution in [3.05, 3.63) is 75.6 Å². The first-order valence-electron chi connectivity index (χ1n) is 12.2. The number of fused-ring (bicyclic) bond motifs is 2. The average Bonchev–Trinajstić information content (AvgIpc) is 3.72. The Morgan fingerprint density at radius 3 is 2.76 bits per heavy atom. The van der Waals surface area contributed by atoms with E-state index in [9.17, 15) is 14.0 Å². The molecule has 1 N–H and O–H groups in total. The molecule has 0 radical (unpaired) electrons. The largest absolute Gasteiger partial charge is 0.484 e. The Hall–Kier alpha value is -3.72. The zero-order valence-corrected chi connectivity index (χ0v) is 21.2. The van der Waals surface area contributed by atoms with E-state index in [4.69, 9.17) is 21.3 Å². The molecular weight excluding hydrogens is 497 g/mol. The molecule has 2 aromatic heterocycles. The smallest absolute Gasteiger partial charge is 0.326 e. The van der Waals surface area contributed by atoms with Gasteiger partial charge in [0, 0.05) is 37.8 Å². The molecule has 4 heterocycles. The van der Waals surface area contributed by atoms with E-state index in [0.717, 1.165) is 29.7 Å². The summed E-state index contributed by atoms with van der Waals surface area (Å²) in [6.45, 7) is 0.257. The minimum absolute atomic E-state index is 0.213. The molecule has 2 aliphatic heterocycles. The Labute approximate surface area is 218 Å². The van der Waals surface area contributed by atoms with Gasteiger partial charge in [-0.05, 0) is 55.5 Å². The average molecular weight is 522 g/mol. The van der Waals surface area contributed by atoms with E-state index in [1.165, 1.54) is 11.0 Å². The van der Waals surface area contributed by atoms with Gasteiger partial charge in [-0.15, -0.1) is 0 Å². The molecule has 1 saturated carbocycles. The van der Waals surface area contributed by atoms with Crippen LogP contribution in [0.3, 0.4) is 0 Å². The maximum Gasteiger partial charge on any atom is 0.326 e. The van der Waals surface area contributed by atoms with Crippen LogP contribution in [0.15, 0.2) is 36.5 Å². The van der Waals surface area contributed by atoms with E-state index in [1.807, 2.05) is 0 Å². The van der Waals surface area contributed by atoms with Crippen molar-refractivity contribution in [2.75, 3.05) is 24.3 Å². The van der Waals surface area contributed by atoms with Crippen LogP contribution in [0, 0.1) is 5.82 Å². The van der Waals surface area contributed by atoms with Crippen LogP contribution in [0.2, 0.25) is 5.02 Å². The normalized spacial score (nSPS) is 18.4. The maximum atomic E-state index is 14.4. The predicted molar refractivity (Wildman–Crippen MR) is 137 cm³/mol. The maximum absolute atomic E-state index is 14.4. The number of aryl methyl sites for hydroxylation is 1. The van der Waals surface area contributed by atoms with Gasteiger partial charge in [0.1, 0.15) is 29.1 Å². The molecule has 1 atom stereocenters. The Kier molecular flexibility index (Phi) is 5.75. The highest BCUT2D eigenvalue weighted by Crippen LogP contribution is 2.46. The van der Waals surface area contributed by atoms with Crippen molar-refractivity contribution < 1.29 is 18.7 Å². The zero-order valence-electron chi connectivity index (χ0n) is 20.4. The van der Waals surface area contributed by atoms with Crippen LogP contribution in [0.5, 0.6) is 5.75 Å². The quantitative estimate of drug-likeness (QED) is 0.492. The molecule has 1 unspecified atom stereocenters. The van der Waals surface area contributed by atoms with Crippen molar-refractivity contribution in [1.82, 2.24) is 14.9 Å². The van der Waals surface area contributed by atoms with Crippen LogP contribution in [0.1, 0.15) is 64.3 Å². The lowest BCUT2D eigenvalue weighted by molar-refractivity contribution is 0.0821. The van der Waals surface area contributed by atoms with Gasteiger partial charge < -0.3 is 15.0 Å². The number of ether oxygens (including phenoxy) is 1. The van der Waals surface area contributed by atoms with Gasteiger partial charge in [-0.2, -0.15) is 0 Å². The second kappa shape index (κ2) is 8.99. The number of nitrogens with one attached hydrogen (secondary N) is 1. The van der Waals surface area contributed by atoms with Crippen LogP contribution in [0.25, 0.3) is 0 Å². The molecule has 0 saturated heterocycles. The number of pyridine rings is 2. The number of halogens is 2. The summed E-state index contributed by atoms with van der Waals surface area (Å²) in [4.78, 5) is 37.8. The van der Waals surface area contributed by atoms with Gasteiger partial charge in [0.15, 0.2) is 0 Å². The third-order valence-electron chi connectivity index (χ3n) is 7.01. The van der Waals surface area contributed by atoms with E-state index in [2.05, 4.69) is 10.3 Å². The van der Waals surface area contributed by atoms with Gasteiger partial charge >= 0.3 is 6.03 Å². The number of urea groups is 1. The van der Waals surface area contributed by atoms with Crippen molar-refractivity contribution >= 4 is 34.9 Å². The number of anilines is 2. The lowest BCUT2D eigenvalue weighted by Gasteiger charge is -2.33. The summed E-state index contributed by atoms with van der Waals surface area (Å²) < 4.78 is 20.5. The number of hydrogen-bond donors (Lipinski definition) is 1. The minimum atomic E-state index is -0.531. The molecule has 190 valence electrons. The van der Waals surface area contributed by atoms with Gasteiger partial charge in [-0.3, -0.25) is 14.7 Å². The van der Waals surface area contributed by atoms with E-state index in [-0.39, 0.29) is 30.1 Å². The zero-order chi connectivity index (χ0) is 25.8. The van der Waals surface area contributed by atoms with Crippen LogP contribution in [-0.4, -0.2) is 40.9 Å². The fraction of sp³-hybridized carbons (Fsp3) is 0.333. The number of amides is 3. The molecule has 1 aliphatic carbocycles. The van der Waals surface area contributed by atoms with Crippen LogP contribution < -0.4 is 15.0 Å². The SMILES string of the molecule is CN(C)C(=O)c1cc2c(c(C3CC3)n1)CN(c1cc3c(cc1Cl)CCC(c1ncccc1F)O3)C(=O)N2. The molecule has 0 spiro atoms. The monoisotopic (exact) mass is 521 g/mol. The number of nitrogens with zero attached hydrogens (tertiary/aromatic N) is 4. The summed E-state index contributed by atoms with van der Waals surface area (Å²) in [5.41, 5.74) is 4.26. The highest BCUT2D eigenvalue weighted by molar-refractivity contribution is 6.34. The lowest BCUT2D eigenvalue weighted by atomic mass is 9.98. The summed E-state index contributed by atoms with van der Waals surface area (Å²) in [6, 6.07) is 7.73. The Morgan fingerprint density at radius 1 is 1.22 bits per heavy atom. The van der Waals surface area contributed by atoms with Gasteiger partial charge in [-0.25, -0.2) is 14.2 Å². The minimum Gasteiger partial charge on any atom is -0.484 e. The second-order valence-corrected chi connectivity index (χ2v) is 10.2. The fourth-order valence-electron chi connectivity index (χ4n) is 4.93. The van der Waals surface area contributed by atoms with Crippen molar-refractivity contribution in [2.45, 2.75) is 44.2 Å². The van der Waals surface area contributed by atoms with Crippen LogP contribution >= 0.6 is 11.6 Å². The second-order valence-electron chi connectivity index (χ2n) is 9.84. The first-order valence-corrected chi connectivity index (χ1v) is 12.6. The Bertz CT molecular complexity index is 1440. The molecule has 3 aromatic rings. The van der Waals surface area contributed by atoms with Gasteiger partial charge in [-0.1, -0.05) is 11.6 Å². The van der Waals surface area contributed by atoms with E-state index in [0.29, 0.717) is 40.7 Å². The Morgan fingerprint density at radius 2 is 2.03 bits per heavy atom. The number of carbonyl (C=O) groups excluding carboxylic acids is 2. The molecule has 37 heavy (non-hydrogen) atoms. The molecule has 3 amide bonds. The van der Waals surface area contributed by atoms with Crippen LogP contribution in [0.4, 0.5) is 20.6 Å². The molecular formula is C27H25ClFN5O3. The molecule has 10 heteroatoms. The van der Waals surface area contributed by atoms with Gasteiger partial charge in [0.2, 0.25) is 0 Å². The summed E-state index contributed by atoms with van der Waals surface area (Å²) in [5.74, 6) is 0.183. The van der Waals surface area contributed by atoms with Crippen molar-refractivity contribution in [3.63, 3.8) is 0 Å². The highest BCUT2D eigenvalue weighted by atomic mass is 35.5. The number of aromatic nitrogens is 2. The number of rotatable bonds is 4. The highest BCUT2D eigenvalue weighted by Gasteiger charge is 2.36. The molecule has 0 bridgehead atoms. The third-order valence-corrected chi connectivity index (χ3v) is 7.31. The summed E-state index contributed by atoms with van der Waals surface area (Å²) in [5, 5.41) is 3.35. The first kappa shape index (κ1) is 23.7. The van der Waals surface area contributed by atoms with Crippen molar-refractivity contribution in [3.8, 4) is 5.75 Å². The van der Waals surface area contributed by atoms with E-state index >= 15 is 0 Å². The van der Waals surface area contributed by atoms with Crippen molar-refractivity contribution in [2.24, 2.45) is 0 Å². The summed E-state index contributed by atoms with van der Waals surface area (Å²) in [7, 11) is 3.35. The first-order chi connectivity index (χ1) is 17.8. The Balaban J connectivity index is 1.35. The standard InChI is InChI=1S/C27H25ClFN5O3/c1-33(2)26(35)20-11-19-16(24(31-20)14-5-6-14)13-34(27(36)32-19)21-12-23-15(10-17(21)28)7-8-22(37-23)25-18(29)4-3-9-30-25/h3-4,9-12,14,22H,5-8,13H2,1-2H3,(H,32,36). The number of carbonyl (C=O) groups is 2. The fourth-order valence-corrected chi connectivity index (χ4v) is 5.22. The van der Waals surface area contributed by atoms with Gasteiger partial charge in [0.05, 0.1) is 28.6 Å². The molecule has 3 aliphatic rings. The molecule has 6 rings (SSSR count). The topological polar surface area (TPSA) is 87.7 Å². The lowest BCUT2D eigenvalue weighted by Crippen LogP contribution is -2.40. The summed E-state index contributed by atoms with van der Waals surface area (Å²) in [6.07, 6.45) is 4.21. The summed E-state index contributed by atoms with van der Waals surface area (Å²) >= 11 is 6.67. The van der Waals surface area contributed by atoms with Gasteiger partial charge in [0.25, 0.3) is 5.91 Å². The third kappa shape index (κ3) is 4.27. The van der Waals surface area contributed by atoms with Crippen molar-refractivity contribution in [1.29, 1.82) is 0 Å². The predicted octanol–water partition coefficient (Wildman–Crippen LogP) is 5.47. The number of benzene rings is 1. The molecule has 8 nitrogen and oxygen atoms in total.